The lowest BCUT2D eigenvalue weighted by Gasteiger charge is -2.28. The largest absolute Gasteiger partial charge is 0.325 e. The Bertz CT molecular complexity index is 430. The van der Waals surface area contributed by atoms with E-state index in [-0.39, 0.29) is 11.8 Å². The van der Waals surface area contributed by atoms with Crippen LogP contribution in [0.1, 0.15) is 12.8 Å². The second-order valence-electron chi connectivity index (χ2n) is 4.59. The summed E-state index contributed by atoms with van der Waals surface area (Å²) in [5, 5.41) is 11.7. The maximum absolute atomic E-state index is 11.8. The molecule has 4 heteroatoms. The summed E-state index contributed by atoms with van der Waals surface area (Å²) in [4.78, 5) is 13.9. The van der Waals surface area contributed by atoms with E-state index in [1.54, 1.807) is 0 Å². The molecule has 1 amide bonds. The van der Waals surface area contributed by atoms with Crippen molar-refractivity contribution in [3.8, 4) is 6.07 Å². The number of rotatable bonds is 3. The van der Waals surface area contributed by atoms with Gasteiger partial charge in [-0.05, 0) is 38.1 Å². The standard InChI is InChI=1S/C14H17N3O/c15-10-12-6-8-17(9-7-12)11-14(18)16-13-4-2-1-3-5-13/h1-5,12H,6-9,11H2,(H,16,18). The summed E-state index contributed by atoms with van der Waals surface area (Å²) < 4.78 is 0. The van der Waals surface area contributed by atoms with Crippen molar-refractivity contribution in [1.82, 2.24) is 4.90 Å². The van der Waals surface area contributed by atoms with Crippen LogP contribution in [-0.4, -0.2) is 30.4 Å². The molecule has 1 aromatic rings. The third-order valence-corrected chi connectivity index (χ3v) is 3.19. The van der Waals surface area contributed by atoms with Gasteiger partial charge in [0.15, 0.2) is 0 Å². The monoisotopic (exact) mass is 243 g/mol. The molecule has 18 heavy (non-hydrogen) atoms. The van der Waals surface area contributed by atoms with Gasteiger partial charge in [-0.3, -0.25) is 9.69 Å². The average molecular weight is 243 g/mol. The molecule has 0 radical (unpaired) electrons. The minimum Gasteiger partial charge on any atom is -0.325 e. The van der Waals surface area contributed by atoms with E-state index < -0.39 is 0 Å². The molecule has 2 rings (SSSR count). The van der Waals surface area contributed by atoms with Crippen molar-refractivity contribution in [3.05, 3.63) is 30.3 Å². The van der Waals surface area contributed by atoms with Crippen molar-refractivity contribution in [3.63, 3.8) is 0 Å². The summed E-state index contributed by atoms with van der Waals surface area (Å²) in [5.41, 5.74) is 0.828. The highest BCUT2D eigenvalue weighted by atomic mass is 16.2. The van der Waals surface area contributed by atoms with Gasteiger partial charge >= 0.3 is 0 Å². The van der Waals surface area contributed by atoms with Crippen LogP contribution in [0.15, 0.2) is 30.3 Å². The molecule has 0 aromatic heterocycles. The van der Waals surface area contributed by atoms with Gasteiger partial charge in [0.2, 0.25) is 5.91 Å². The van der Waals surface area contributed by atoms with Crippen molar-refractivity contribution in [2.75, 3.05) is 25.0 Å². The van der Waals surface area contributed by atoms with Crippen LogP contribution in [0, 0.1) is 17.2 Å². The second kappa shape index (κ2) is 6.18. The number of nitriles is 1. The molecule has 0 unspecified atom stereocenters. The number of nitrogens with one attached hydrogen (secondary N) is 1. The van der Waals surface area contributed by atoms with Crippen LogP contribution in [0.2, 0.25) is 0 Å². The Morgan fingerprint density at radius 1 is 1.33 bits per heavy atom. The van der Waals surface area contributed by atoms with Crippen molar-refractivity contribution in [2.45, 2.75) is 12.8 Å². The summed E-state index contributed by atoms with van der Waals surface area (Å²) in [6.07, 6.45) is 1.74. The molecular formula is C14H17N3O. The Morgan fingerprint density at radius 2 is 2.00 bits per heavy atom. The molecule has 1 fully saturated rings. The first-order chi connectivity index (χ1) is 8.78. The molecule has 1 aliphatic rings. The van der Waals surface area contributed by atoms with Gasteiger partial charge in [-0.25, -0.2) is 0 Å². The molecule has 1 aliphatic heterocycles. The topological polar surface area (TPSA) is 56.1 Å². The zero-order chi connectivity index (χ0) is 12.8. The van der Waals surface area contributed by atoms with Gasteiger partial charge in [-0.15, -0.1) is 0 Å². The first-order valence-electron chi connectivity index (χ1n) is 6.25. The molecule has 4 nitrogen and oxygen atoms in total. The van der Waals surface area contributed by atoms with Gasteiger partial charge in [0.05, 0.1) is 12.6 Å². The number of carbonyl (C=O) groups is 1. The first kappa shape index (κ1) is 12.6. The molecule has 94 valence electrons. The van der Waals surface area contributed by atoms with E-state index in [1.807, 2.05) is 30.3 Å². The van der Waals surface area contributed by atoms with Gasteiger partial charge in [-0.2, -0.15) is 5.26 Å². The van der Waals surface area contributed by atoms with Crippen molar-refractivity contribution in [1.29, 1.82) is 5.26 Å². The molecule has 0 aliphatic carbocycles. The van der Waals surface area contributed by atoms with Crippen LogP contribution < -0.4 is 5.32 Å². The van der Waals surface area contributed by atoms with Crippen LogP contribution in [-0.2, 0) is 4.79 Å². The number of nitrogens with zero attached hydrogens (tertiary/aromatic N) is 2. The minimum atomic E-state index is 0.0107. The van der Waals surface area contributed by atoms with Crippen LogP contribution in [0.4, 0.5) is 5.69 Å². The van der Waals surface area contributed by atoms with E-state index in [9.17, 15) is 4.79 Å². The maximum Gasteiger partial charge on any atom is 0.238 e. The zero-order valence-corrected chi connectivity index (χ0v) is 10.3. The number of hydrogen-bond donors (Lipinski definition) is 1. The third-order valence-electron chi connectivity index (χ3n) is 3.19. The lowest BCUT2D eigenvalue weighted by atomic mass is 9.99. The SMILES string of the molecule is N#CC1CCN(CC(=O)Nc2ccccc2)CC1. The predicted octanol–water partition coefficient (Wildman–Crippen LogP) is 1.86. The van der Waals surface area contributed by atoms with Gasteiger partial charge in [0.1, 0.15) is 0 Å². The highest BCUT2D eigenvalue weighted by molar-refractivity contribution is 5.92. The summed E-state index contributed by atoms with van der Waals surface area (Å²) in [5.74, 6) is 0.176. The summed E-state index contributed by atoms with van der Waals surface area (Å²) in [6, 6.07) is 11.8. The van der Waals surface area contributed by atoms with E-state index in [4.69, 9.17) is 5.26 Å². The molecule has 1 heterocycles. The lowest BCUT2D eigenvalue weighted by Crippen LogP contribution is -2.39. The molecule has 0 saturated carbocycles. The molecular weight excluding hydrogens is 226 g/mol. The number of carbonyl (C=O) groups excluding carboxylic acids is 1. The highest BCUT2D eigenvalue weighted by Gasteiger charge is 2.20. The summed E-state index contributed by atoms with van der Waals surface area (Å²) in [6.45, 7) is 2.08. The number of piperidine rings is 1. The predicted molar refractivity (Wildman–Crippen MR) is 69.8 cm³/mol. The number of anilines is 1. The number of likely N-dealkylation sites (tertiary alicyclic amines) is 1. The van der Waals surface area contributed by atoms with Gasteiger partial charge in [0.25, 0.3) is 0 Å². The van der Waals surface area contributed by atoms with E-state index in [0.717, 1.165) is 31.6 Å². The Kier molecular flexibility index (Phi) is 4.32. The van der Waals surface area contributed by atoms with E-state index in [1.165, 1.54) is 0 Å². The Hall–Kier alpha value is -1.86. The minimum absolute atomic E-state index is 0.0107. The molecule has 0 atom stereocenters. The first-order valence-corrected chi connectivity index (χ1v) is 6.25. The number of para-hydroxylation sites is 1. The van der Waals surface area contributed by atoms with Gasteiger partial charge in [-0.1, -0.05) is 18.2 Å². The van der Waals surface area contributed by atoms with E-state index in [2.05, 4.69) is 16.3 Å². The summed E-state index contributed by atoms with van der Waals surface area (Å²) >= 11 is 0. The second-order valence-corrected chi connectivity index (χ2v) is 4.59. The highest BCUT2D eigenvalue weighted by Crippen LogP contribution is 2.15. The Morgan fingerprint density at radius 3 is 2.61 bits per heavy atom. The van der Waals surface area contributed by atoms with Crippen LogP contribution in [0.5, 0.6) is 0 Å². The molecule has 1 aromatic carbocycles. The van der Waals surface area contributed by atoms with Crippen LogP contribution >= 0.6 is 0 Å². The number of hydrogen-bond acceptors (Lipinski definition) is 3. The van der Waals surface area contributed by atoms with E-state index >= 15 is 0 Å². The maximum atomic E-state index is 11.8. The lowest BCUT2D eigenvalue weighted by molar-refractivity contribution is -0.117. The molecule has 0 spiro atoms. The number of amides is 1. The zero-order valence-electron chi connectivity index (χ0n) is 10.3. The average Bonchev–Trinajstić information content (AvgIpc) is 2.40. The number of benzene rings is 1. The Labute approximate surface area is 107 Å². The van der Waals surface area contributed by atoms with Crippen molar-refractivity contribution < 1.29 is 4.79 Å². The van der Waals surface area contributed by atoms with Gasteiger partial charge in [0, 0.05) is 11.6 Å². The fraction of sp³-hybridized carbons (Fsp3) is 0.429. The van der Waals surface area contributed by atoms with Crippen LogP contribution in [0.3, 0.4) is 0 Å². The van der Waals surface area contributed by atoms with Gasteiger partial charge < -0.3 is 5.32 Å². The fourth-order valence-corrected chi connectivity index (χ4v) is 2.15. The normalized spacial score (nSPS) is 17.1. The van der Waals surface area contributed by atoms with E-state index in [0.29, 0.717) is 6.54 Å². The van der Waals surface area contributed by atoms with Crippen molar-refractivity contribution >= 4 is 11.6 Å². The molecule has 1 N–H and O–H groups in total. The Balaban J connectivity index is 1.77. The molecule has 0 bridgehead atoms. The fourth-order valence-electron chi connectivity index (χ4n) is 2.15. The summed E-state index contributed by atoms with van der Waals surface area (Å²) in [7, 11) is 0. The smallest absolute Gasteiger partial charge is 0.238 e. The van der Waals surface area contributed by atoms with Crippen LogP contribution in [0.25, 0.3) is 0 Å². The quantitative estimate of drug-likeness (QED) is 0.881. The van der Waals surface area contributed by atoms with Crippen molar-refractivity contribution in [2.24, 2.45) is 5.92 Å². The molecule has 1 saturated heterocycles. The third kappa shape index (κ3) is 3.57.